The Kier molecular flexibility index (Phi) is 4.29. The van der Waals surface area contributed by atoms with E-state index in [2.05, 4.69) is 20.4 Å². The van der Waals surface area contributed by atoms with Crippen LogP contribution in [0.15, 0.2) is 28.8 Å². The minimum absolute atomic E-state index is 0.0954. The van der Waals surface area contributed by atoms with Crippen LogP contribution in [0.5, 0.6) is 0 Å². The van der Waals surface area contributed by atoms with Crippen molar-refractivity contribution in [2.45, 2.75) is 19.4 Å². The van der Waals surface area contributed by atoms with Crippen LogP contribution in [0.4, 0.5) is 10.5 Å². The van der Waals surface area contributed by atoms with Crippen molar-refractivity contribution in [2.24, 2.45) is 0 Å². The molecule has 2 amide bonds. The lowest BCUT2D eigenvalue weighted by Crippen LogP contribution is -2.36. The van der Waals surface area contributed by atoms with Gasteiger partial charge in [-0.3, -0.25) is 0 Å². The molecule has 0 saturated carbocycles. The Morgan fingerprint density at radius 3 is 2.83 bits per heavy atom. The first kappa shape index (κ1) is 15.5. The first-order valence-corrected chi connectivity index (χ1v) is 7.66. The number of nitrogens with zero attached hydrogens (tertiary/aromatic N) is 4. The summed E-state index contributed by atoms with van der Waals surface area (Å²) in [5.74, 6) is 0.973. The normalized spacial score (nSPS) is 17.7. The molecule has 1 atom stereocenters. The number of likely N-dealkylation sites (N-methyl/N-ethyl adjacent to an activating group) is 1. The second-order valence-electron chi connectivity index (χ2n) is 5.96. The lowest BCUT2D eigenvalue weighted by molar-refractivity contribution is 0.216. The Bertz CT molecular complexity index is 697. The van der Waals surface area contributed by atoms with Crippen LogP contribution in [0.2, 0.25) is 0 Å². The predicted octanol–water partition coefficient (Wildman–Crippen LogP) is 2.21. The van der Waals surface area contributed by atoms with Crippen molar-refractivity contribution >= 4 is 11.7 Å². The van der Waals surface area contributed by atoms with Gasteiger partial charge in [0.25, 0.3) is 0 Å². The molecule has 3 rings (SSSR count). The molecule has 1 aromatic heterocycles. The van der Waals surface area contributed by atoms with Gasteiger partial charge in [0.05, 0.1) is 5.69 Å². The predicted molar refractivity (Wildman–Crippen MR) is 87.2 cm³/mol. The molecule has 0 spiro atoms. The summed E-state index contributed by atoms with van der Waals surface area (Å²) in [6, 6.07) is 7.79. The van der Waals surface area contributed by atoms with Gasteiger partial charge in [0.2, 0.25) is 11.7 Å². The van der Waals surface area contributed by atoms with Crippen LogP contribution in [0, 0.1) is 6.92 Å². The monoisotopic (exact) mass is 315 g/mol. The van der Waals surface area contributed by atoms with E-state index in [1.165, 1.54) is 0 Å². The van der Waals surface area contributed by atoms with Gasteiger partial charge in [-0.05, 0) is 32.6 Å². The lowest BCUT2D eigenvalue weighted by Gasteiger charge is -2.21. The number of rotatable bonds is 3. The van der Waals surface area contributed by atoms with Crippen LogP contribution in [-0.4, -0.2) is 59.2 Å². The van der Waals surface area contributed by atoms with Crippen LogP contribution >= 0.6 is 0 Å². The van der Waals surface area contributed by atoms with Gasteiger partial charge in [-0.25, -0.2) is 4.79 Å². The SMILES string of the molecule is Cc1nc(-c2ccccc2NC(=O)N2CCC(N(C)C)C2)no1. The molecule has 7 nitrogen and oxygen atoms in total. The first-order valence-electron chi connectivity index (χ1n) is 7.66. The van der Waals surface area contributed by atoms with Gasteiger partial charge in [-0.1, -0.05) is 17.3 Å². The van der Waals surface area contributed by atoms with Crippen LogP contribution < -0.4 is 5.32 Å². The maximum atomic E-state index is 12.5. The third-order valence-corrected chi connectivity index (χ3v) is 4.12. The molecule has 1 fully saturated rings. The van der Waals surface area contributed by atoms with E-state index in [1.807, 2.05) is 43.3 Å². The summed E-state index contributed by atoms with van der Waals surface area (Å²) in [5, 5.41) is 6.90. The highest BCUT2D eigenvalue weighted by Gasteiger charge is 2.27. The average Bonchev–Trinajstić information content (AvgIpc) is 3.17. The second-order valence-corrected chi connectivity index (χ2v) is 5.96. The van der Waals surface area contributed by atoms with E-state index in [1.54, 1.807) is 6.92 Å². The van der Waals surface area contributed by atoms with Crippen LogP contribution in [0.25, 0.3) is 11.4 Å². The number of carbonyl (C=O) groups excluding carboxylic acids is 1. The van der Waals surface area contributed by atoms with Crippen LogP contribution in [0.3, 0.4) is 0 Å². The molecule has 1 N–H and O–H groups in total. The molecular formula is C16H21N5O2. The van der Waals surface area contributed by atoms with E-state index in [0.717, 1.165) is 25.1 Å². The van der Waals surface area contributed by atoms with Gasteiger partial charge in [0.1, 0.15) is 0 Å². The van der Waals surface area contributed by atoms with Gasteiger partial charge in [-0.15, -0.1) is 0 Å². The van der Waals surface area contributed by atoms with Crippen LogP contribution in [-0.2, 0) is 0 Å². The van der Waals surface area contributed by atoms with Gasteiger partial charge in [0.15, 0.2) is 0 Å². The van der Waals surface area contributed by atoms with E-state index in [9.17, 15) is 4.79 Å². The number of amides is 2. The average molecular weight is 315 g/mol. The minimum atomic E-state index is -0.0954. The molecule has 2 heterocycles. The lowest BCUT2D eigenvalue weighted by atomic mass is 10.1. The standard InChI is InChI=1S/C16H21N5O2/c1-11-17-15(19-23-11)13-6-4-5-7-14(13)18-16(22)21-9-8-12(10-21)20(2)3/h4-7,12H,8-10H2,1-3H3,(H,18,22). The number of aryl methyl sites for hydroxylation is 1. The van der Waals surface area contributed by atoms with Gasteiger partial charge < -0.3 is 19.6 Å². The van der Waals surface area contributed by atoms with Crippen molar-refractivity contribution in [3.05, 3.63) is 30.2 Å². The molecule has 1 aromatic carbocycles. The fourth-order valence-corrected chi connectivity index (χ4v) is 2.74. The summed E-state index contributed by atoms with van der Waals surface area (Å²) >= 11 is 0. The van der Waals surface area contributed by atoms with Crippen molar-refractivity contribution in [3.63, 3.8) is 0 Å². The fraction of sp³-hybridized carbons (Fsp3) is 0.438. The number of anilines is 1. The Labute approximate surface area is 135 Å². The molecule has 122 valence electrons. The van der Waals surface area contributed by atoms with E-state index in [0.29, 0.717) is 23.4 Å². The second kappa shape index (κ2) is 6.37. The number of nitrogens with one attached hydrogen (secondary N) is 1. The molecule has 1 aliphatic rings. The van der Waals surface area contributed by atoms with E-state index >= 15 is 0 Å². The topological polar surface area (TPSA) is 74.5 Å². The molecule has 7 heteroatoms. The summed E-state index contributed by atoms with van der Waals surface area (Å²) in [5.41, 5.74) is 1.44. The van der Waals surface area contributed by atoms with Crippen LogP contribution in [0.1, 0.15) is 12.3 Å². The van der Waals surface area contributed by atoms with Crippen molar-refractivity contribution < 1.29 is 9.32 Å². The maximum absolute atomic E-state index is 12.5. The molecular weight excluding hydrogens is 294 g/mol. The van der Waals surface area contributed by atoms with Crippen molar-refractivity contribution in [1.29, 1.82) is 0 Å². The fourth-order valence-electron chi connectivity index (χ4n) is 2.74. The summed E-state index contributed by atoms with van der Waals surface area (Å²) in [4.78, 5) is 20.7. The molecule has 23 heavy (non-hydrogen) atoms. The van der Waals surface area contributed by atoms with Gasteiger partial charge in [0, 0.05) is 31.6 Å². The minimum Gasteiger partial charge on any atom is -0.339 e. The summed E-state index contributed by atoms with van der Waals surface area (Å²) in [6.45, 7) is 3.24. The number of hydrogen-bond donors (Lipinski definition) is 1. The zero-order valence-corrected chi connectivity index (χ0v) is 13.6. The van der Waals surface area contributed by atoms with E-state index in [4.69, 9.17) is 4.52 Å². The number of benzene rings is 1. The zero-order valence-electron chi connectivity index (χ0n) is 13.6. The molecule has 1 saturated heterocycles. The van der Waals surface area contributed by atoms with Crippen molar-refractivity contribution in [3.8, 4) is 11.4 Å². The third-order valence-electron chi connectivity index (χ3n) is 4.12. The Balaban J connectivity index is 1.75. The van der Waals surface area contributed by atoms with Crippen molar-refractivity contribution in [2.75, 3.05) is 32.5 Å². The first-order chi connectivity index (χ1) is 11.0. The molecule has 0 aliphatic carbocycles. The Hall–Kier alpha value is -2.41. The Morgan fingerprint density at radius 1 is 1.39 bits per heavy atom. The number of likely N-dealkylation sites (tertiary alicyclic amines) is 1. The maximum Gasteiger partial charge on any atom is 0.321 e. The van der Waals surface area contributed by atoms with E-state index in [-0.39, 0.29) is 6.03 Å². The van der Waals surface area contributed by atoms with Gasteiger partial charge in [-0.2, -0.15) is 4.98 Å². The smallest absolute Gasteiger partial charge is 0.321 e. The number of para-hydroxylation sites is 1. The highest BCUT2D eigenvalue weighted by Crippen LogP contribution is 2.26. The van der Waals surface area contributed by atoms with Crippen molar-refractivity contribution in [1.82, 2.24) is 19.9 Å². The molecule has 1 aliphatic heterocycles. The number of hydrogen-bond acceptors (Lipinski definition) is 5. The quantitative estimate of drug-likeness (QED) is 0.940. The number of carbonyl (C=O) groups is 1. The zero-order chi connectivity index (χ0) is 16.4. The number of urea groups is 1. The molecule has 0 bridgehead atoms. The third kappa shape index (κ3) is 3.34. The summed E-state index contributed by atoms with van der Waals surface area (Å²) in [7, 11) is 4.08. The summed E-state index contributed by atoms with van der Waals surface area (Å²) in [6.07, 6.45) is 0.992. The highest BCUT2D eigenvalue weighted by molar-refractivity contribution is 5.93. The summed E-state index contributed by atoms with van der Waals surface area (Å²) < 4.78 is 5.03. The molecule has 1 unspecified atom stereocenters. The van der Waals surface area contributed by atoms with Gasteiger partial charge >= 0.3 is 6.03 Å². The largest absolute Gasteiger partial charge is 0.339 e. The number of aromatic nitrogens is 2. The van der Waals surface area contributed by atoms with E-state index < -0.39 is 0 Å². The highest BCUT2D eigenvalue weighted by atomic mass is 16.5. The molecule has 2 aromatic rings. The Morgan fingerprint density at radius 2 is 2.17 bits per heavy atom. The molecule has 0 radical (unpaired) electrons.